The van der Waals surface area contributed by atoms with Crippen LogP contribution in [0.25, 0.3) is 0 Å². The SMILES string of the molecule is CC(C)(SCc1ccc(CS)cc1)SCc1ccc(CS)cc1. The normalized spacial score (nSPS) is 11.7. The summed E-state index contributed by atoms with van der Waals surface area (Å²) in [4.78, 5) is 0. The van der Waals surface area contributed by atoms with E-state index >= 15 is 0 Å². The van der Waals surface area contributed by atoms with Crippen molar-refractivity contribution in [3.8, 4) is 0 Å². The first-order valence-electron chi connectivity index (χ1n) is 7.68. The Balaban J connectivity index is 1.82. The van der Waals surface area contributed by atoms with Crippen LogP contribution < -0.4 is 0 Å². The van der Waals surface area contributed by atoms with Crippen molar-refractivity contribution in [3.63, 3.8) is 0 Å². The molecule has 0 bridgehead atoms. The van der Waals surface area contributed by atoms with Crippen molar-refractivity contribution in [2.45, 2.75) is 40.9 Å². The van der Waals surface area contributed by atoms with Crippen LogP contribution in [-0.4, -0.2) is 4.08 Å². The van der Waals surface area contributed by atoms with Gasteiger partial charge in [-0.3, -0.25) is 0 Å². The topological polar surface area (TPSA) is 0 Å². The summed E-state index contributed by atoms with van der Waals surface area (Å²) < 4.78 is 0.199. The molecule has 0 radical (unpaired) electrons. The minimum absolute atomic E-state index is 0.199. The van der Waals surface area contributed by atoms with E-state index in [4.69, 9.17) is 0 Å². The standard InChI is InChI=1S/C19H24S4/c1-19(2,22-13-17-7-3-15(11-20)4-8-17)23-14-18-9-5-16(12-21)6-10-18/h3-10,20-21H,11-14H2,1-2H3. The Bertz CT molecular complexity index is 534. The summed E-state index contributed by atoms with van der Waals surface area (Å²) in [6.45, 7) is 4.62. The summed E-state index contributed by atoms with van der Waals surface area (Å²) in [5.41, 5.74) is 5.32. The Hall–Kier alpha value is -0.160. The average Bonchev–Trinajstić information content (AvgIpc) is 2.59. The second-order valence-corrected chi connectivity index (χ2v) is 10.0. The Labute approximate surface area is 160 Å². The van der Waals surface area contributed by atoms with Gasteiger partial charge >= 0.3 is 0 Å². The highest BCUT2D eigenvalue weighted by molar-refractivity contribution is 8.17. The lowest BCUT2D eigenvalue weighted by Crippen LogP contribution is -2.09. The molecule has 2 aromatic rings. The molecule has 0 saturated carbocycles. The van der Waals surface area contributed by atoms with Gasteiger partial charge in [-0.2, -0.15) is 25.3 Å². The van der Waals surface area contributed by atoms with Crippen molar-refractivity contribution >= 4 is 48.8 Å². The highest BCUT2D eigenvalue weighted by atomic mass is 32.2. The molecule has 0 nitrogen and oxygen atoms in total. The van der Waals surface area contributed by atoms with Gasteiger partial charge in [-0.1, -0.05) is 48.5 Å². The summed E-state index contributed by atoms with van der Waals surface area (Å²) in [5, 5.41) is 0. The van der Waals surface area contributed by atoms with Gasteiger partial charge in [0.1, 0.15) is 0 Å². The van der Waals surface area contributed by atoms with Crippen LogP contribution in [0.1, 0.15) is 36.1 Å². The number of rotatable bonds is 8. The number of thiol groups is 2. The van der Waals surface area contributed by atoms with Gasteiger partial charge in [-0.05, 0) is 36.1 Å². The lowest BCUT2D eigenvalue weighted by molar-refractivity contribution is 1.02. The monoisotopic (exact) mass is 380 g/mol. The Kier molecular flexibility index (Phi) is 7.80. The molecule has 2 aromatic carbocycles. The van der Waals surface area contributed by atoms with E-state index in [1.165, 1.54) is 22.3 Å². The highest BCUT2D eigenvalue weighted by Crippen LogP contribution is 2.40. The minimum Gasteiger partial charge on any atom is -0.175 e. The zero-order valence-corrected chi connectivity index (χ0v) is 17.1. The van der Waals surface area contributed by atoms with E-state index in [-0.39, 0.29) is 4.08 Å². The third kappa shape index (κ3) is 6.69. The van der Waals surface area contributed by atoms with E-state index in [0.717, 1.165) is 23.0 Å². The average molecular weight is 381 g/mol. The number of benzene rings is 2. The predicted molar refractivity (Wildman–Crippen MR) is 115 cm³/mol. The molecule has 0 amide bonds. The lowest BCUT2D eigenvalue weighted by Gasteiger charge is -2.23. The molecule has 0 heterocycles. The molecule has 0 fully saturated rings. The summed E-state index contributed by atoms with van der Waals surface area (Å²) in [7, 11) is 0. The Morgan fingerprint density at radius 2 is 0.957 bits per heavy atom. The van der Waals surface area contributed by atoms with Gasteiger partial charge in [0.15, 0.2) is 0 Å². The number of thioether (sulfide) groups is 2. The first-order valence-corrected chi connectivity index (χ1v) is 10.9. The van der Waals surface area contributed by atoms with Crippen LogP contribution in [0.5, 0.6) is 0 Å². The van der Waals surface area contributed by atoms with Gasteiger partial charge in [0.25, 0.3) is 0 Å². The fraction of sp³-hybridized carbons (Fsp3) is 0.368. The fourth-order valence-electron chi connectivity index (χ4n) is 2.04. The molecule has 124 valence electrons. The van der Waals surface area contributed by atoms with E-state index in [0.29, 0.717) is 0 Å². The molecule has 0 aliphatic heterocycles. The molecule has 0 saturated heterocycles. The van der Waals surface area contributed by atoms with Crippen molar-refractivity contribution < 1.29 is 0 Å². The van der Waals surface area contributed by atoms with Gasteiger partial charge in [0.05, 0.1) is 4.08 Å². The van der Waals surface area contributed by atoms with Crippen molar-refractivity contribution in [2.75, 3.05) is 0 Å². The highest BCUT2D eigenvalue weighted by Gasteiger charge is 2.19. The maximum absolute atomic E-state index is 4.30. The molecule has 0 N–H and O–H groups in total. The molecule has 0 spiro atoms. The fourth-order valence-corrected chi connectivity index (χ4v) is 4.56. The molecule has 0 aliphatic rings. The largest absolute Gasteiger partial charge is 0.175 e. The molecule has 4 heteroatoms. The van der Waals surface area contributed by atoms with Crippen LogP contribution in [0.15, 0.2) is 48.5 Å². The number of hydrogen-bond acceptors (Lipinski definition) is 4. The summed E-state index contributed by atoms with van der Waals surface area (Å²) in [6, 6.07) is 17.6. The molecular weight excluding hydrogens is 356 g/mol. The van der Waals surface area contributed by atoms with E-state index in [2.05, 4.69) is 87.6 Å². The molecule has 2 rings (SSSR count). The van der Waals surface area contributed by atoms with Gasteiger partial charge in [0.2, 0.25) is 0 Å². The first-order chi connectivity index (χ1) is 11.0. The molecule has 0 unspecified atom stereocenters. The van der Waals surface area contributed by atoms with Crippen LogP contribution in [0, 0.1) is 0 Å². The molecular formula is C19H24S4. The predicted octanol–water partition coefficient (Wildman–Crippen LogP) is 6.45. The second-order valence-electron chi connectivity index (χ2n) is 5.93. The smallest absolute Gasteiger partial charge is 0.0561 e. The zero-order valence-electron chi connectivity index (χ0n) is 13.7. The van der Waals surface area contributed by atoms with Crippen molar-refractivity contribution in [1.82, 2.24) is 0 Å². The zero-order chi connectivity index (χ0) is 16.7. The van der Waals surface area contributed by atoms with Crippen LogP contribution in [-0.2, 0) is 23.0 Å². The van der Waals surface area contributed by atoms with Crippen molar-refractivity contribution in [2.24, 2.45) is 0 Å². The minimum atomic E-state index is 0.199. The third-order valence-electron chi connectivity index (χ3n) is 3.58. The van der Waals surface area contributed by atoms with Crippen LogP contribution in [0.4, 0.5) is 0 Å². The Morgan fingerprint density at radius 3 is 1.26 bits per heavy atom. The second kappa shape index (κ2) is 9.36. The molecule has 23 heavy (non-hydrogen) atoms. The van der Waals surface area contributed by atoms with E-state index < -0.39 is 0 Å². The molecule has 0 aliphatic carbocycles. The number of hydrogen-bond donors (Lipinski definition) is 2. The molecule has 0 aromatic heterocycles. The summed E-state index contributed by atoms with van der Waals surface area (Å²) in [5.74, 6) is 3.71. The Morgan fingerprint density at radius 1 is 0.652 bits per heavy atom. The summed E-state index contributed by atoms with van der Waals surface area (Å²) >= 11 is 12.6. The first kappa shape index (κ1) is 19.2. The van der Waals surface area contributed by atoms with Crippen LogP contribution in [0.3, 0.4) is 0 Å². The summed E-state index contributed by atoms with van der Waals surface area (Å²) in [6.07, 6.45) is 0. The molecule has 0 atom stereocenters. The van der Waals surface area contributed by atoms with Gasteiger partial charge < -0.3 is 0 Å². The quantitative estimate of drug-likeness (QED) is 0.399. The van der Waals surface area contributed by atoms with E-state index in [1.807, 2.05) is 23.5 Å². The van der Waals surface area contributed by atoms with Gasteiger partial charge in [-0.25, -0.2) is 0 Å². The van der Waals surface area contributed by atoms with Crippen LogP contribution >= 0.6 is 48.8 Å². The van der Waals surface area contributed by atoms with Crippen LogP contribution in [0.2, 0.25) is 0 Å². The van der Waals surface area contributed by atoms with Crippen molar-refractivity contribution in [1.29, 1.82) is 0 Å². The van der Waals surface area contributed by atoms with E-state index in [1.54, 1.807) is 0 Å². The lowest BCUT2D eigenvalue weighted by atomic mass is 10.2. The van der Waals surface area contributed by atoms with E-state index in [9.17, 15) is 0 Å². The van der Waals surface area contributed by atoms with Crippen molar-refractivity contribution in [3.05, 3.63) is 70.8 Å². The maximum Gasteiger partial charge on any atom is 0.0561 e. The van der Waals surface area contributed by atoms with Gasteiger partial charge in [-0.15, -0.1) is 23.5 Å². The third-order valence-corrected chi connectivity index (χ3v) is 7.37. The van der Waals surface area contributed by atoms with Gasteiger partial charge in [0, 0.05) is 23.0 Å². The maximum atomic E-state index is 4.30.